The third-order valence-electron chi connectivity index (χ3n) is 1.73. The van der Waals surface area contributed by atoms with Crippen molar-refractivity contribution in [1.82, 2.24) is 0 Å². The Kier molecular flexibility index (Phi) is 3.84. The largest absolute Gasteiger partial charge is 0.382 e. The monoisotopic (exact) mass is 195 g/mol. The molecular formula is C11H14ClN. The van der Waals surface area contributed by atoms with E-state index < -0.39 is 0 Å². The third-order valence-corrected chi connectivity index (χ3v) is 1.91. The quantitative estimate of drug-likeness (QED) is 0.779. The molecule has 0 spiro atoms. The number of halogens is 1. The number of aryl methyl sites for hydroxylation is 2. The van der Waals surface area contributed by atoms with Crippen LogP contribution in [0.1, 0.15) is 11.1 Å². The molecule has 70 valence electrons. The fraction of sp³-hybridized carbons (Fsp3) is 0.273. The van der Waals surface area contributed by atoms with Crippen molar-refractivity contribution >= 4 is 17.3 Å². The van der Waals surface area contributed by atoms with E-state index in [0.29, 0.717) is 0 Å². The van der Waals surface area contributed by atoms with E-state index in [-0.39, 0.29) is 0 Å². The molecule has 0 heterocycles. The molecule has 0 fully saturated rings. The Hall–Kier alpha value is -0.950. The van der Waals surface area contributed by atoms with E-state index >= 15 is 0 Å². The maximum absolute atomic E-state index is 5.41. The third kappa shape index (κ3) is 3.51. The van der Waals surface area contributed by atoms with Crippen LogP contribution in [0.5, 0.6) is 0 Å². The molecule has 1 rings (SSSR count). The topological polar surface area (TPSA) is 12.0 Å². The molecule has 0 aliphatic heterocycles. The smallest absolute Gasteiger partial charge is 0.0347 e. The summed E-state index contributed by atoms with van der Waals surface area (Å²) in [6.45, 7) is 4.96. The van der Waals surface area contributed by atoms with Gasteiger partial charge in [0.2, 0.25) is 0 Å². The Morgan fingerprint density at radius 3 is 2.38 bits per heavy atom. The van der Waals surface area contributed by atoms with E-state index in [4.69, 9.17) is 11.6 Å². The van der Waals surface area contributed by atoms with Crippen LogP contribution < -0.4 is 5.32 Å². The van der Waals surface area contributed by atoms with Crippen molar-refractivity contribution in [3.63, 3.8) is 0 Å². The highest BCUT2D eigenvalue weighted by molar-refractivity contribution is 6.25. The van der Waals surface area contributed by atoms with Crippen molar-refractivity contribution in [3.05, 3.63) is 40.9 Å². The van der Waals surface area contributed by atoms with E-state index in [1.165, 1.54) is 16.7 Å². The SMILES string of the molecule is Cc1cc(C)cc(NC/C=C/Cl)c1. The molecule has 0 radical (unpaired) electrons. The van der Waals surface area contributed by atoms with Crippen LogP contribution in [-0.2, 0) is 0 Å². The number of hydrogen-bond acceptors (Lipinski definition) is 1. The second-order valence-electron chi connectivity index (χ2n) is 3.12. The molecule has 13 heavy (non-hydrogen) atoms. The lowest BCUT2D eigenvalue weighted by Crippen LogP contribution is -1.98. The molecule has 1 nitrogen and oxygen atoms in total. The van der Waals surface area contributed by atoms with Crippen LogP contribution in [0.25, 0.3) is 0 Å². The lowest BCUT2D eigenvalue weighted by atomic mass is 10.1. The van der Waals surface area contributed by atoms with Crippen LogP contribution in [0.3, 0.4) is 0 Å². The Morgan fingerprint density at radius 2 is 1.85 bits per heavy atom. The van der Waals surface area contributed by atoms with Crippen molar-refractivity contribution in [2.75, 3.05) is 11.9 Å². The molecule has 2 heteroatoms. The molecular weight excluding hydrogens is 182 g/mol. The Morgan fingerprint density at radius 1 is 1.23 bits per heavy atom. The van der Waals surface area contributed by atoms with E-state index in [2.05, 4.69) is 37.4 Å². The van der Waals surface area contributed by atoms with Crippen molar-refractivity contribution in [3.8, 4) is 0 Å². The summed E-state index contributed by atoms with van der Waals surface area (Å²) in [5.41, 5.74) is 5.22. The average molecular weight is 196 g/mol. The summed E-state index contributed by atoms with van der Waals surface area (Å²) in [4.78, 5) is 0. The zero-order chi connectivity index (χ0) is 9.68. The molecule has 0 saturated carbocycles. The molecule has 0 aliphatic rings. The summed E-state index contributed by atoms with van der Waals surface area (Å²) >= 11 is 5.41. The average Bonchev–Trinajstić information content (AvgIpc) is 2.03. The maximum atomic E-state index is 5.41. The van der Waals surface area contributed by atoms with E-state index in [9.17, 15) is 0 Å². The minimum atomic E-state index is 0.770. The molecule has 0 aliphatic carbocycles. The van der Waals surface area contributed by atoms with E-state index in [0.717, 1.165) is 12.2 Å². The Bertz CT molecular complexity index is 285. The van der Waals surface area contributed by atoms with Gasteiger partial charge in [-0.25, -0.2) is 0 Å². The fourth-order valence-corrected chi connectivity index (χ4v) is 1.39. The lowest BCUT2D eigenvalue weighted by Gasteiger charge is -2.05. The first-order valence-electron chi connectivity index (χ1n) is 4.30. The minimum absolute atomic E-state index is 0.770. The predicted octanol–water partition coefficient (Wildman–Crippen LogP) is 3.47. The van der Waals surface area contributed by atoms with Crippen molar-refractivity contribution in [1.29, 1.82) is 0 Å². The number of rotatable bonds is 3. The van der Waals surface area contributed by atoms with Gasteiger partial charge in [-0.05, 0) is 37.1 Å². The van der Waals surface area contributed by atoms with Gasteiger partial charge in [0.25, 0.3) is 0 Å². The summed E-state index contributed by atoms with van der Waals surface area (Å²) in [6, 6.07) is 6.40. The van der Waals surface area contributed by atoms with Gasteiger partial charge in [-0.3, -0.25) is 0 Å². The van der Waals surface area contributed by atoms with Gasteiger partial charge in [-0.2, -0.15) is 0 Å². The standard InChI is InChI=1S/C11H14ClN/c1-9-6-10(2)8-11(7-9)13-5-3-4-12/h3-4,6-8,13H,5H2,1-2H3/b4-3+. The van der Waals surface area contributed by atoms with Crippen molar-refractivity contribution in [2.45, 2.75) is 13.8 Å². The van der Waals surface area contributed by atoms with Crippen molar-refractivity contribution < 1.29 is 0 Å². The van der Waals surface area contributed by atoms with Gasteiger partial charge in [-0.1, -0.05) is 23.7 Å². The number of benzene rings is 1. The molecule has 0 aromatic heterocycles. The Balaban J connectivity index is 2.66. The fourth-order valence-electron chi connectivity index (χ4n) is 1.30. The number of hydrogen-bond donors (Lipinski definition) is 1. The molecule has 1 aromatic rings. The van der Waals surface area contributed by atoms with Gasteiger partial charge in [0.05, 0.1) is 0 Å². The second kappa shape index (κ2) is 4.93. The van der Waals surface area contributed by atoms with Crippen LogP contribution in [0.4, 0.5) is 5.69 Å². The second-order valence-corrected chi connectivity index (χ2v) is 3.37. The molecule has 0 saturated heterocycles. The van der Waals surface area contributed by atoms with Crippen LogP contribution in [-0.4, -0.2) is 6.54 Å². The summed E-state index contributed by atoms with van der Waals surface area (Å²) in [5, 5.41) is 3.26. The van der Waals surface area contributed by atoms with Crippen LogP contribution in [0, 0.1) is 13.8 Å². The Labute approximate surface area is 84.4 Å². The van der Waals surface area contributed by atoms with Gasteiger partial charge in [-0.15, -0.1) is 0 Å². The predicted molar refractivity (Wildman–Crippen MR) is 59.4 cm³/mol. The van der Waals surface area contributed by atoms with Gasteiger partial charge in [0.15, 0.2) is 0 Å². The van der Waals surface area contributed by atoms with Crippen molar-refractivity contribution in [2.24, 2.45) is 0 Å². The highest BCUT2D eigenvalue weighted by atomic mass is 35.5. The summed E-state index contributed by atoms with van der Waals surface area (Å²) < 4.78 is 0. The zero-order valence-corrected chi connectivity index (χ0v) is 8.73. The summed E-state index contributed by atoms with van der Waals surface area (Å²) in [5.74, 6) is 0. The van der Waals surface area contributed by atoms with Gasteiger partial charge in [0, 0.05) is 17.8 Å². The number of anilines is 1. The first-order valence-corrected chi connectivity index (χ1v) is 4.73. The first kappa shape index (κ1) is 10.1. The summed E-state index contributed by atoms with van der Waals surface area (Å²) in [6.07, 6.45) is 1.87. The maximum Gasteiger partial charge on any atom is 0.0347 e. The molecule has 0 amide bonds. The molecule has 0 unspecified atom stereocenters. The van der Waals surface area contributed by atoms with E-state index in [1.807, 2.05) is 6.08 Å². The normalized spacial score (nSPS) is 10.7. The molecule has 0 bridgehead atoms. The molecule has 1 aromatic carbocycles. The highest BCUT2D eigenvalue weighted by Gasteiger charge is 1.92. The van der Waals surface area contributed by atoms with Gasteiger partial charge < -0.3 is 5.32 Å². The minimum Gasteiger partial charge on any atom is -0.382 e. The van der Waals surface area contributed by atoms with Crippen LogP contribution >= 0.6 is 11.6 Å². The van der Waals surface area contributed by atoms with Crippen LogP contribution in [0.15, 0.2) is 29.8 Å². The van der Waals surface area contributed by atoms with Crippen LogP contribution in [0.2, 0.25) is 0 Å². The highest BCUT2D eigenvalue weighted by Crippen LogP contribution is 2.13. The zero-order valence-electron chi connectivity index (χ0n) is 7.97. The van der Waals surface area contributed by atoms with Gasteiger partial charge >= 0.3 is 0 Å². The summed E-state index contributed by atoms with van der Waals surface area (Å²) in [7, 11) is 0. The van der Waals surface area contributed by atoms with E-state index in [1.54, 1.807) is 0 Å². The number of nitrogens with one attached hydrogen (secondary N) is 1. The first-order chi connectivity index (χ1) is 6.22. The molecule has 0 atom stereocenters. The molecule has 1 N–H and O–H groups in total. The lowest BCUT2D eigenvalue weighted by molar-refractivity contribution is 1.30. The van der Waals surface area contributed by atoms with Gasteiger partial charge in [0.1, 0.15) is 0 Å².